The lowest BCUT2D eigenvalue weighted by Gasteiger charge is -2.10. The third-order valence-electron chi connectivity index (χ3n) is 1.73. The molecule has 0 aliphatic carbocycles. The van der Waals surface area contributed by atoms with E-state index in [9.17, 15) is 8.78 Å². The van der Waals surface area contributed by atoms with Gasteiger partial charge in [0.15, 0.2) is 11.6 Å². The Morgan fingerprint density at radius 1 is 1.23 bits per heavy atom. The molecule has 1 rings (SSSR count). The SMILES string of the molecule is COc1ccc(F)c(OC)c1CF. The van der Waals surface area contributed by atoms with Gasteiger partial charge in [-0.05, 0) is 12.1 Å². The standard InChI is InChI=1S/C9H10F2O2/c1-12-8-4-3-7(11)9(13-2)6(8)5-10/h3-4H,5H2,1-2H3. The molecule has 0 saturated heterocycles. The molecule has 1 aromatic carbocycles. The van der Waals surface area contributed by atoms with Crippen molar-refractivity contribution in [1.82, 2.24) is 0 Å². The number of alkyl halides is 1. The fourth-order valence-electron chi connectivity index (χ4n) is 1.12. The van der Waals surface area contributed by atoms with E-state index in [1.807, 2.05) is 0 Å². The van der Waals surface area contributed by atoms with Gasteiger partial charge in [0.1, 0.15) is 12.4 Å². The van der Waals surface area contributed by atoms with Gasteiger partial charge < -0.3 is 9.47 Å². The van der Waals surface area contributed by atoms with Crippen molar-refractivity contribution in [2.45, 2.75) is 6.67 Å². The Morgan fingerprint density at radius 2 is 1.92 bits per heavy atom. The van der Waals surface area contributed by atoms with Crippen LogP contribution < -0.4 is 9.47 Å². The first-order valence-corrected chi connectivity index (χ1v) is 3.70. The van der Waals surface area contributed by atoms with Crippen LogP contribution in [0, 0.1) is 5.82 Å². The van der Waals surface area contributed by atoms with Crippen molar-refractivity contribution >= 4 is 0 Å². The van der Waals surface area contributed by atoms with E-state index in [1.165, 1.54) is 26.4 Å². The molecule has 72 valence electrons. The van der Waals surface area contributed by atoms with Crippen molar-refractivity contribution in [3.8, 4) is 11.5 Å². The molecule has 2 nitrogen and oxygen atoms in total. The van der Waals surface area contributed by atoms with Crippen LogP contribution in [0.15, 0.2) is 12.1 Å². The smallest absolute Gasteiger partial charge is 0.165 e. The van der Waals surface area contributed by atoms with Crippen LogP contribution in [0.1, 0.15) is 5.56 Å². The zero-order chi connectivity index (χ0) is 9.84. The molecule has 0 bridgehead atoms. The van der Waals surface area contributed by atoms with Crippen molar-refractivity contribution in [2.24, 2.45) is 0 Å². The Bertz CT molecular complexity index is 300. The summed E-state index contributed by atoms with van der Waals surface area (Å²) in [5, 5.41) is 0. The summed E-state index contributed by atoms with van der Waals surface area (Å²) in [6.45, 7) is -0.815. The van der Waals surface area contributed by atoms with Gasteiger partial charge in [-0.15, -0.1) is 0 Å². The van der Waals surface area contributed by atoms with E-state index in [2.05, 4.69) is 0 Å². The van der Waals surface area contributed by atoms with Crippen LogP contribution in [0.3, 0.4) is 0 Å². The van der Waals surface area contributed by atoms with Gasteiger partial charge in [0.2, 0.25) is 0 Å². The van der Waals surface area contributed by atoms with Crippen molar-refractivity contribution in [3.05, 3.63) is 23.5 Å². The molecule has 0 unspecified atom stereocenters. The highest BCUT2D eigenvalue weighted by molar-refractivity contribution is 5.45. The molecule has 0 aliphatic heterocycles. The van der Waals surface area contributed by atoms with Gasteiger partial charge in [-0.2, -0.15) is 0 Å². The Kier molecular flexibility index (Phi) is 3.06. The number of halogens is 2. The second-order valence-corrected chi connectivity index (χ2v) is 2.40. The zero-order valence-corrected chi connectivity index (χ0v) is 7.43. The summed E-state index contributed by atoms with van der Waals surface area (Å²) in [5.74, 6) is -0.390. The van der Waals surface area contributed by atoms with Crippen molar-refractivity contribution < 1.29 is 18.3 Å². The lowest BCUT2D eigenvalue weighted by atomic mass is 10.2. The number of ether oxygens (including phenoxy) is 2. The van der Waals surface area contributed by atoms with Crippen LogP contribution in [0.25, 0.3) is 0 Å². The molecular weight excluding hydrogens is 178 g/mol. The number of benzene rings is 1. The van der Waals surface area contributed by atoms with Gasteiger partial charge in [-0.25, -0.2) is 8.78 Å². The van der Waals surface area contributed by atoms with Crippen molar-refractivity contribution in [2.75, 3.05) is 14.2 Å². The molecule has 0 atom stereocenters. The summed E-state index contributed by atoms with van der Waals surface area (Å²) >= 11 is 0. The first kappa shape index (κ1) is 9.77. The number of hydrogen-bond donors (Lipinski definition) is 0. The topological polar surface area (TPSA) is 18.5 Å². The summed E-state index contributed by atoms with van der Waals surface area (Å²) in [4.78, 5) is 0. The lowest BCUT2D eigenvalue weighted by Crippen LogP contribution is -1.97. The number of hydrogen-bond acceptors (Lipinski definition) is 2. The van der Waals surface area contributed by atoms with Gasteiger partial charge in [-0.3, -0.25) is 0 Å². The van der Waals surface area contributed by atoms with Crippen molar-refractivity contribution in [3.63, 3.8) is 0 Å². The first-order chi connectivity index (χ1) is 6.24. The number of methoxy groups -OCH3 is 2. The summed E-state index contributed by atoms with van der Waals surface area (Å²) in [6, 6.07) is 2.55. The molecule has 0 heterocycles. The lowest BCUT2D eigenvalue weighted by molar-refractivity contribution is 0.349. The van der Waals surface area contributed by atoms with E-state index in [0.717, 1.165) is 0 Å². The Labute approximate surface area is 75.1 Å². The summed E-state index contributed by atoms with van der Waals surface area (Å²) in [6.07, 6.45) is 0. The van der Waals surface area contributed by atoms with E-state index < -0.39 is 12.5 Å². The highest BCUT2D eigenvalue weighted by Crippen LogP contribution is 2.31. The number of rotatable bonds is 3. The molecule has 0 spiro atoms. The van der Waals surface area contributed by atoms with Crippen LogP contribution in [0.5, 0.6) is 11.5 Å². The Morgan fingerprint density at radius 3 is 2.38 bits per heavy atom. The molecule has 0 fully saturated rings. The molecule has 0 saturated carbocycles. The fraction of sp³-hybridized carbons (Fsp3) is 0.333. The molecule has 0 radical (unpaired) electrons. The summed E-state index contributed by atoms with van der Waals surface area (Å²) in [7, 11) is 2.68. The maximum atomic E-state index is 13.0. The largest absolute Gasteiger partial charge is 0.496 e. The Balaban J connectivity index is 3.27. The quantitative estimate of drug-likeness (QED) is 0.724. The minimum absolute atomic E-state index is 0.0955. The van der Waals surface area contributed by atoms with Crippen LogP contribution in [-0.4, -0.2) is 14.2 Å². The van der Waals surface area contributed by atoms with Crippen LogP contribution in [0.4, 0.5) is 8.78 Å². The Hall–Kier alpha value is -1.32. The average Bonchev–Trinajstić information content (AvgIpc) is 2.17. The van der Waals surface area contributed by atoms with Gasteiger partial charge in [-0.1, -0.05) is 0 Å². The molecule has 0 amide bonds. The van der Waals surface area contributed by atoms with Gasteiger partial charge in [0, 0.05) is 0 Å². The third kappa shape index (κ3) is 1.71. The van der Waals surface area contributed by atoms with Crippen LogP contribution in [0.2, 0.25) is 0 Å². The van der Waals surface area contributed by atoms with Crippen molar-refractivity contribution in [1.29, 1.82) is 0 Å². The predicted molar refractivity (Wildman–Crippen MR) is 44.3 cm³/mol. The predicted octanol–water partition coefficient (Wildman–Crippen LogP) is 2.31. The van der Waals surface area contributed by atoms with Crippen LogP contribution in [-0.2, 0) is 6.67 Å². The van der Waals surface area contributed by atoms with E-state index in [1.54, 1.807) is 0 Å². The van der Waals surface area contributed by atoms with Crippen LogP contribution >= 0.6 is 0 Å². The summed E-state index contributed by atoms with van der Waals surface area (Å²) in [5.41, 5.74) is 0.102. The van der Waals surface area contributed by atoms with Gasteiger partial charge in [0.25, 0.3) is 0 Å². The first-order valence-electron chi connectivity index (χ1n) is 3.70. The third-order valence-corrected chi connectivity index (χ3v) is 1.73. The maximum absolute atomic E-state index is 13.0. The van der Waals surface area contributed by atoms with E-state index in [4.69, 9.17) is 9.47 Å². The molecule has 0 aliphatic rings. The fourth-order valence-corrected chi connectivity index (χ4v) is 1.12. The van der Waals surface area contributed by atoms with Gasteiger partial charge in [0.05, 0.1) is 19.8 Å². The molecule has 1 aromatic rings. The molecule has 0 N–H and O–H groups in total. The highest BCUT2D eigenvalue weighted by Gasteiger charge is 2.14. The molecule has 0 aromatic heterocycles. The second kappa shape index (κ2) is 4.07. The highest BCUT2D eigenvalue weighted by atomic mass is 19.1. The normalized spacial score (nSPS) is 9.85. The maximum Gasteiger partial charge on any atom is 0.165 e. The molecular formula is C9H10F2O2. The second-order valence-electron chi connectivity index (χ2n) is 2.40. The molecule has 13 heavy (non-hydrogen) atoms. The zero-order valence-electron chi connectivity index (χ0n) is 7.43. The van der Waals surface area contributed by atoms with E-state index in [0.29, 0.717) is 5.75 Å². The monoisotopic (exact) mass is 188 g/mol. The molecule has 4 heteroatoms. The van der Waals surface area contributed by atoms with E-state index in [-0.39, 0.29) is 11.3 Å². The minimum atomic E-state index is -0.815. The van der Waals surface area contributed by atoms with E-state index >= 15 is 0 Å². The summed E-state index contributed by atoms with van der Waals surface area (Å²) < 4.78 is 35.0. The average molecular weight is 188 g/mol. The van der Waals surface area contributed by atoms with Gasteiger partial charge >= 0.3 is 0 Å². The minimum Gasteiger partial charge on any atom is -0.496 e.